The first kappa shape index (κ1) is 12.6. The van der Waals surface area contributed by atoms with Crippen LogP contribution in [-0.2, 0) is 4.74 Å². The van der Waals surface area contributed by atoms with E-state index < -0.39 is 0 Å². The van der Waals surface area contributed by atoms with Gasteiger partial charge in [-0.15, -0.1) is 0 Å². The fraction of sp³-hybridized carbons (Fsp3) is 0.500. The molecule has 0 atom stereocenters. The number of hydrogen-bond donors (Lipinski definition) is 2. The molecule has 4 heteroatoms. The van der Waals surface area contributed by atoms with E-state index in [0.29, 0.717) is 6.61 Å². The fourth-order valence-corrected chi connectivity index (χ4v) is 1.49. The molecule has 0 aromatic carbocycles. The van der Waals surface area contributed by atoms with Crippen molar-refractivity contribution < 1.29 is 4.74 Å². The molecule has 1 aliphatic heterocycles. The van der Waals surface area contributed by atoms with Gasteiger partial charge in [-0.05, 0) is 13.1 Å². The summed E-state index contributed by atoms with van der Waals surface area (Å²) < 4.78 is 5.63. The Hall–Kier alpha value is -1.42. The minimum absolute atomic E-state index is 0.672. The summed E-state index contributed by atoms with van der Waals surface area (Å²) in [6, 6.07) is 0. The summed E-state index contributed by atoms with van der Waals surface area (Å²) in [6.45, 7) is 11.1. The van der Waals surface area contributed by atoms with E-state index in [-0.39, 0.29) is 0 Å². The Bertz CT molecular complexity index is 297. The summed E-state index contributed by atoms with van der Waals surface area (Å²) in [5, 5.41) is 6.35. The van der Waals surface area contributed by atoms with Gasteiger partial charge in [0, 0.05) is 26.7 Å². The van der Waals surface area contributed by atoms with E-state index in [2.05, 4.69) is 28.7 Å². The second-order valence-corrected chi connectivity index (χ2v) is 3.69. The van der Waals surface area contributed by atoms with Crippen LogP contribution in [0.4, 0.5) is 0 Å². The van der Waals surface area contributed by atoms with Crippen molar-refractivity contribution in [1.82, 2.24) is 15.5 Å². The van der Waals surface area contributed by atoms with Crippen molar-refractivity contribution in [3.8, 4) is 0 Å². The van der Waals surface area contributed by atoms with Gasteiger partial charge in [0.15, 0.2) is 5.76 Å². The maximum absolute atomic E-state index is 5.63. The van der Waals surface area contributed by atoms with Crippen LogP contribution < -0.4 is 10.6 Å². The van der Waals surface area contributed by atoms with Crippen LogP contribution in [0.2, 0.25) is 0 Å². The standard InChI is InChI=1S/C12H21N3O/c1-5-11-12(16-9-7-14-11)10(2)15(4)8-6-13-3/h5,13-14H,1-2,6-9H2,3-4H3. The van der Waals surface area contributed by atoms with Crippen LogP contribution in [0, 0.1) is 0 Å². The van der Waals surface area contributed by atoms with Crippen molar-refractivity contribution in [2.24, 2.45) is 0 Å². The lowest BCUT2D eigenvalue weighted by molar-refractivity contribution is 0.186. The second-order valence-electron chi connectivity index (χ2n) is 3.69. The van der Waals surface area contributed by atoms with Crippen LogP contribution in [0.3, 0.4) is 0 Å². The van der Waals surface area contributed by atoms with E-state index >= 15 is 0 Å². The number of hydrogen-bond acceptors (Lipinski definition) is 4. The smallest absolute Gasteiger partial charge is 0.165 e. The highest BCUT2D eigenvalue weighted by molar-refractivity contribution is 5.33. The van der Waals surface area contributed by atoms with Gasteiger partial charge in [-0.25, -0.2) is 0 Å². The molecule has 0 bridgehead atoms. The largest absolute Gasteiger partial charge is 0.487 e. The monoisotopic (exact) mass is 223 g/mol. The molecular formula is C12H21N3O. The summed E-state index contributed by atoms with van der Waals surface area (Å²) in [4.78, 5) is 2.07. The molecule has 0 saturated carbocycles. The normalized spacial score (nSPS) is 15.1. The molecule has 1 rings (SSSR count). The first-order valence-corrected chi connectivity index (χ1v) is 5.49. The van der Waals surface area contributed by atoms with Gasteiger partial charge in [0.1, 0.15) is 6.61 Å². The average Bonchev–Trinajstić information content (AvgIpc) is 2.34. The number of rotatable bonds is 6. The van der Waals surface area contributed by atoms with E-state index in [0.717, 1.165) is 36.8 Å². The van der Waals surface area contributed by atoms with Crippen molar-refractivity contribution in [3.05, 3.63) is 36.4 Å². The lowest BCUT2D eigenvalue weighted by Crippen LogP contribution is -2.32. The Morgan fingerprint density at radius 3 is 3.06 bits per heavy atom. The van der Waals surface area contributed by atoms with Crippen LogP contribution in [0.25, 0.3) is 0 Å². The number of likely N-dealkylation sites (N-methyl/N-ethyl adjacent to an activating group) is 2. The summed E-state index contributed by atoms with van der Waals surface area (Å²) in [5.74, 6) is 0.805. The maximum atomic E-state index is 5.63. The minimum Gasteiger partial charge on any atom is -0.487 e. The quantitative estimate of drug-likeness (QED) is 0.694. The van der Waals surface area contributed by atoms with Crippen LogP contribution in [0.5, 0.6) is 0 Å². The molecule has 2 N–H and O–H groups in total. The van der Waals surface area contributed by atoms with E-state index in [4.69, 9.17) is 4.74 Å². The number of nitrogens with one attached hydrogen (secondary N) is 2. The molecule has 1 aliphatic rings. The molecule has 0 aromatic heterocycles. The summed E-state index contributed by atoms with van der Waals surface area (Å²) in [7, 11) is 3.94. The number of ether oxygens (including phenoxy) is 1. The Labute approximate surface area is 97.7 Å². The molecule has 90 valence electrons. The third-order valence-electron chi connectivity index (χ3n) is 2.53. The van der Waals surface area contributed by atoms with Crippen molar-refractivity contribution in [1.29, 1.82) is 0 Å². The number of allylic oxidation sites excluding steroid dienone is 1. The second kappa shape index (κ2) is 6.23. The van der Waals surface area contributed by atoms with E-state index in [1.807, 2.05) is 14.1 Å². The highest BCUT2D eigenvalue weighted by Crippen LogP contribution is 2.19. The molecule has 0 saturated heterocycles. The summed E-state index contributed by atoms with van der Waals surface area (Å²) in [5.41, 5.74) is 1.81. The molecule has 1 heterocycles. The lowest BCUT2D eigenvalue weighted by Gasteiger charge is -2.28. The zero-order chi connectivity index (χ0) is 12.0. The minimum atomic E-state index is 0.672. The van der Waals surface area contributed by atoms with E-state index in [1.165, 1.54) is 0 Å². The molecule has 4 nitrogen and oxygen atoms in total. The Balaban J connectivity index is 2.70. The number of nitrogens with zero attached hydrogens (tertiary/aromatic N) is 1. The highest BCUT2D eigenvalue weighted by Gasteiger charge is 2.16. The zero-order valence-corrected chi connectivity index (χ0v) is 10.2. The average molecular weight is 223 g/mol. The third kappa shape index (κ3) is 3.03. The van der Waals surface area contributed by atoms with Gasteiger partial charge in [-0.1, -0.05) is 13.2 Å². The first-order valence-electron chi connectivity index (χ1n) is 5.49. The maximum Gasteiger partial charge on any atom is 0.165 e. The SMILES string of the molecule is C=CC1=C(C(=C)N(C)CCNC)OCCN1. The summed E-state index contributed by atoms with van der Waals surface area (Å²) >= 11 is 0. The molecule has 0 aliphatic carbocycles. The van der Waals surface area contributed by atoms with Crippen molar-refractivity contribution in [2.75, 3.05) is 40.3 Å². The van der Waals surface area contributed by atoms with Crippen LogP contribution in [-0.4, -0.2) is 45.2 Å². The van der Waals surface area contributed by atoms with Gasteiger partial charge >= 0.3 is 0 Å². The topological polar surface area (TPSA) is 36.5 Å². The van der Waals surface area contributed by atoms with Gasteiger partial charge in [-0.2, -0.15) is 0 Å². The van der Waals surface area contributed by atoms with Gasteiger partial charge in [0.25, 0.3) is 0 Å². The van der Waals surface area contributed by atoms with Crippen molar-refractivity contribution in [3.63, 3.8) is 0 Å². The zero-order valence-electron chi connectivity index (χ0n) is 10.2. The van der Waals surface area contributed by atoms with Gasteiger partial charge in [0.05, 0.1) is 11.4 Å². The van der Waals surface area contributed by atoms with Crippen molar-refractivity contribution in [2.45, 2.75) is 0 Å². The van der Waals surface area contributed by atoms with Crippen LogP contribution >= 0.6 is 0 Å². The lowest BCUT2D eigenvalue weighted by atomic mass is 10.2. The van der Waals surface area contributed by atoms with Crippen LogP contribution in [0.1, 0.15) is 0 Å². The Morgan fingerprint density at radius 1 is 1.69 bits per heavy atom. The van der Waals surface area contributed by atoms with Gasteiger partial charge in [0.2, 0.25) is 0 Å². The molecule has 0 radical (unpaired) electrons. The van der Waals surface area contributed by atoms with E-state index in [1.54, 1.807) is 6.08 Å². The Morgan fingerprint density at radius 2 is 2.44 bits per heavy atom. The molecule has 16 heavy (non-hydrogen) atoms. The molecule has 0 amide bonds. The highest BCUT2D eigenvalue weighted by atomic mass is 16.5. The van der Waals surface area contributed by atoms with Crippen molar-refractivity contribution >= 4 is 0 Å². The fourth-order valence-electron chi connectivity index (χ4n) is 1.49. The molecule has 0 unspecified atom stereocenters. The molecule has 0 aromatic rings. The van der Waals surface area contributed by atoms with Gasteiger partial charge < -0.3 is 20.3 Å². The van der Waals surface area contributed by atoms with E-state index in [9.17, 15) is 0 Å². The molecular weight excluding hydrogens is 202 g/mol. The predicted molar refractivity (Wildman–Crippen MR) is 66.9 cm³/mol. The van der Waals surface area contributed by atoms with Crippen LogP contribution in [0.15, 0.2) is 36.4 Å². The first-order chi connectivity index (χ1) is 7.70. The third-order valence-corrected chi connectivity index (χ3v) is 2.53. The predicted octanol–water partition coefficient (Wildman–Crippen LogP) is 0.669. The Kier molecular flexibility index (Phi) is 4.92. The molecule has 0 fully saturated rings. The molecule has 0 spiro atoms. The summed E-state index contributed by atoms with van der Waals surface area (Å²) in [6.07, 6.45) is 1.77. The van der Waals surface area contributed by atoms with Gasteiger partial charge in [-0.3, -0.25) is 0 Å².